The van der Waals surface area contributed by atoms with Crippen LogP contribution in [0, 0.1) is 0 Å². The van der Waals surface area contributed by atoms with E-state index in [0.29, 0.717) is 12.1 Å². The summed E-state index contributed by atoms with van der Waals surface area (Å²) in [5.74, 6) is 0. The van der Waals surface area contributed by atoms with Crippen molar-refractivity contribution in [1.82, 2.24) is 4.90 Å². The van der Waals surface area contributed by atoms with Gasteiger partial charge >= 0.3 is 6.18 Å². The minimum absolute atomic E-state index is 0. The third-order valence-corrected chi connectivity index (χ3v) is 2.65. The molecule has 2 nitrogen and oxygen atoms in total. The molecule has 0 atom stereocenters. The first-order chi connectivity index (χ1) is 7.45. The smallest absolute Gasteiger partial charge is 0.325 e. The van der Waals surface area contributed by atoms with E-state index in [-0.39, 0.29) is 18.4 Å². The van der Waals surface area contributed by atoms with Gasteiger partial charge in [-0.15, -0.1) is 12.4 Å². The van der Waals surface area contributed by atoms with Crippen LogP contribution in [0.5, 0.6) is 0 Å². The molecule has 0 spiro atoms. The highest BCUT2D eigenvalue weighted by atomic mass is 35.5. The number of likely N-dealkylation sites (tertiary alicyclic amines) is 1. The molecule has 1 aromatic rings. The van der Waals surface area contributed by atoms with Crippen molar-refractivity contribution in [2.45, 2.75) is 18.8 Å². The number of benzene rings is 1. The van der Waals surface area contributed by atoms with E-state index in [1.165, 1.54) is 12.1 Å². The Labute approximate surface area is 104 Å². The molecular formula is C11H14ClF3N2. The molecule has 0 unspecified atom stereocenters. The van der Waals surface area contributed by atoms with Crippen molar-refractivity contribution >= 4 is 12.4 Å². The van der Waals surface area contributed by atoms with Crippen LogP contribution in [-0.2, 0) is 12.7 Å². The molecule has 96 valence electrons. The molecule has 2 N–H and O–H groups in total. The fraction of sp³-hybridized carbons (Fsp3) is 0.455. The largest absolute Gasteiger partial charge is 0.416 e. The number of nitrogens with two attached hydrogens (primary N) is 1. The summed E-state index contributed by atoms with van der Waals surface area (Å²) in [6.45, 7) is 2.06. The predicted octanol–water partition coefficient (Wildman–Crippen LogP) is 2.27. The average molecular weight is 267 g/mol. The Morgan fingerprint density at radius 2 is 1.94 bits per heavy atom. The van der Waals surface area contributed by atoms with Crippen LogP contribution in [0.3, 0.4) is 0 Å². The molecule has 0 radical (unpaired) electrons. The van der Waals surface area contributed by atoms with Gasteiger partial charge in [0.15, 0.2) is 0 Å². The number of nitrogens with zero attached hydrogens (tertiary/aromatic N) is 1. The molecule has 1 aromatic carbocycles. The molecule has 17 heavy (non-hydrogen) atoms. The van der Waals surface area contributed by atoms with Gasteiger partial charge in [-0.25, -0.2) is 0 Å². The molecule has 6 heteroatoms. The van der Waals surface area contributed by atoms with Crippen molar-refractivity contribution in [3.05, 3.63) is 35.4 Å². The minimum atomic E-state index is -4.26. The lowest BCUT2D eigenvalue weighted by Gasteiger charge is -2.36. The summed E-state index contributed by atoms with van der Waals surface area (Å²) in [6, 6.07) is 5.61. The second-order valence-corrected chi connectivity index (χ2v) is 4.15. The quantitative estimate of drug-likeness (QED) is 0.890. The molecule has 0 bridgehead atoms. The highest BCUT2D eigenvalue weighted by molar-refractivity contribution is 5.85. The zero-order chi connectivity index (χ0) is 11.8. The highest BCUT2D eigenvalue weighted by Crippen LogP contribution is 2.29. The van der Waals surface area contributed by atoms with Crippen molar-refractivity contribution in [2.24, 2.45) is 5.73 Å². The monoisotopic (exact) mass is 266 g/mol. The summed E-state index contributed by atoms with van der Waals surface area (Å²) in [6.07, 6.45) is -4.26. The van der Waals surface area contributed by atoms with Crippen molar-refractivity contribution < 1.29 is 13.2 Å². The fourth-order valence-corrected chi connectivity index (χ4v) is 1.84. The summed E-state index contributed by atoms with van der Waals surface area (Å²) in [4.78, 5) is 2.03. The highest BCUT2D eigenvalue weighted by Gasteiger charge is 2.30. The molecular weight excluding hydrogens is 253 g/mol. The molecule has 0 amide bonds. The molecule has 1 aliphatic heterocycles. The van der Waals surface area contributed by atoms with Gasteiger partial charge in [-0.05, 0) is 11.6 Å². The summed E-state index contributed by atoms with van der Waals surface area (Å²) in [5, 5.41) is 0. The zero-order valence-corrected chi connectivity index (χ0v) is 9.89. The number of hydrogen-bond donors (Lipinski definition) is 1. The van der Waals surface area contributed by atoms with Gasteiger partial charge in [0, 0.05) is 25.7 Å². The Hall–Kier alpha value is -0.780. The molecule has 0 saturated carbocycles. The first-order valence-corrected chi connectivity index (χ1v) is 5.09. The number of halogens is 4. The third kappa shape index (κ3) is 3.59. The van der Waals surface area contributed by atoms with E-state index in [4.69, 9.17) is 5.73 Å². The molecule has 2 rings (SSSR count). The SMILES string of the molecule is Cl.NC1CN(Cc2cccc(C(F)(F)F)c2)C1. The van der Waals surface area contributed by atoms with Crippen molar-refractivity contribution in [3.8, 4) is 0 Å². The minimum Gasteiger partial charge on any atom is -0.325 e. The number of alkyl halides is 3. The number of hydrogen-bond acceptors (Lipinski definition) is 2. The van der Waals surface area contributed by atoms with Crippen LogP contribution in [0.4, 0.5) is 13.2 Å². The molecule has 1 heterocycles. The van der Waals surface area contributed by atoms with Crippen LogP contribution in [0.2, 0.25) is 0 Å². The third-order valence-electron chi connectivity index (χ3n) is 2.65. The van der Waals surface area contributed by atoms with Crippen LogP contribution in [0.15, 0.2) is 24.3 Å². The van der Waals surface area contributed by atoms with E-state index >= 15 is 0 Å². The lowest BCUT2D eigenvalue weighted by atomic mass is 10.1. The summed E-state index contributed by atoms with van der Waals surface area (Å²) < 4.78 is 37.3. The normalized spacial score (nSPS) is 17.4. The van der Waals surface area contributed by atoms with Crippen LogP contribution < -0.4 is 5.73 Å². The van der Waals surface area contributed by atoms with E-state index in [1.807, 2.05) is 4.90 Å². The van der Waals surface area contributed by atoms with Crippen molar-refractivity contribution in [1.29, 1.82) is 0 Å². The molecule has 1 saturated heterocycles. The predicted molar refractivity (Wildman–Crippen MR) is 61.9 cm³/mol. The van der Waals surface area contributed by atoms with Gasteiger partial charge in [0.05, 0.1) is 5.56 Å². The van der Waals surface area contributed by atoms with Crippen molar-refractivity contribution in [3.63, 3.8) is 0 Å². The van der Waals surface area contributed by atoms with Crippen LogP contribution in [0.1, 0.15) is 11.1 Å². The van der Waals surface area contributed by atoms with E-state index < -0.39 is 11.7 Å². The summed E-state index contributed by atoms with van der Waals surface area (Å²) >= 11 is 0. The molecule has 1 aliphatic rings. The lowest BCUT2D eigenvalue weighted by molar-refractivity contribution is -0.137. The number of rotatable bonds is 2. The Morgan fingerprint density at radius 1 is 1.29 bits per heavy atom. The van der Waals surface area contributed by atoms with E-state index in [2.05, 4.69) is 0 Å². The van der Waals surface area contributed by atoms with Gasteiger partial charge in [-0.3, -0.25) is 4.90 Å². The van der Waals surface area contributed by atoms with Crippen LogP contribution in [-0.4, -0.2) is 24.0 Å². The van der Waals surface area contributed by atoms with Crippen molar-refractivity contribution in [2.75, 3.05) is 13.1 Å². The molecule has 0 aromatic heterocycles. The van der Waals surface area contributed by atoms with Gasteiger partial charge in [0.2, 0.25) is 0 Å². The average Bonchev–Trinajstić information content (AvgIpc) is 2.14. The van der Waals surface area contributed by atoms with Gasteiger partial charge < -0.3 is 5.73 Å². The van der Waals surface area contributed by atoms with E-state index in [9.17, 15) is 13.2 Å². The maximum atomic E-state index is 12.4. The topological polar surface area (TPSA) is 29.3 Å². The Morgan fingerprint density at radius 3 is 2.47 bits per heavy atom. The Balaban J connectivity index is 0.00000144. The van der Waals surface area contributed by atoms with Crippen LogP contribution in [0.25, 0.3) is 0 Å². The summed E-state index contributed by atoms with van der Waals surface area (Å²) in [7, 11) is 0. The zero-order valence-electron chi connectivity index (χ0n) is 9.07. The fourth-order valence-electron chi connectivity index (χ4n) is 1.84. The Bertz CT molecular complexity index is 375. The second kappa shape index (κ2) is 5.25. The standard InChI is InChI=1S/C11H13F3N2.ClH/c12-11(13,14)9-3-1-2-8(4-9)5-16-6-10(15)7-16;/h1-4,10H,5-7,15H2;1H. The molecule has 1 fully saturated rings. The maximum Gasteiger partial charge on any atom is 0.416 e. The maximum absolute atomic E-state index is 12.4. The van der Waals surface area contributed by atoms with Gasteiger partial charge in [-0.2, -0.15) is 13.2 Å². The molecule has 0 aliphatic carbocycles. The van der Waals surface area contributed by atoms with E-state index in [0.717, 1.165) is 19.2 Å². The summed E-state index contributed by atoms with van der Waals surface area (Å²) in [5.41, 5.74) is 5.69. The van der Waals surface area contributed by atoms with Gasteiger partial charge in [-0.1, -0.05) is 18.2 Å². The van der Waals surface area contributed by atoms with Gasteiger partial charge in [0.1, 0.15) is 0 Å². The van der Waals surface area contributed by atoms with Gasteiger partial charge in [0.25, 0.3) is 0 Å². The first kappa shape index (κ1) is 14.3. The van der Waals surface area contributed by atoms with E-state index in [1.54, 1.807) is 6.07 Å². The van der Waals surface area contributed by atoms with Crippen LogP contribution >= 0.6 is 12.4 Å². The second-order valence-electron chi connectivity index (χ2n) is 4.15. The lowest BCUT2D eigenvalue weighted by Crippen LogP contribution is -2.54. The Kier molecular flexibility index (Phi) is 4.41. The first-order valence-electron chi connectivity index (χ1n) is 5.09.